The molecular weight excluding hydrogens is 265 g/mol. The molecule has 0 bridgehead atoms. The fourth-order valence-corrected chi connectivity index (χ4v) is 2.21. The summed E-state index contributed by atoms with van der Waals surface area (Å²) in [7, 11) is 0. The lowest BCUT2D eigenvalue weighted by atomic mass is 9.94. The molecule has 2 atom stereocenters. The van der Waals surface area contributed by atoms with Gasteiger partial charge < -0.3 is 15.8 Å². The number of hydrogen-bond donors (Lipinski definition) is 3. The molecule has 0 aromatic heterocycles. The highest BCUT2D eigenvalue weighted by Crippen LogP contribution is 2.21. The Balaban J connectivity index is 2.01. The summed E-state index contributed by atoms with van der Waals surface area (Å²) >= 11 is 0. The van der Waals surface area contributed by atoms with Crippen LogP contribution in [0.1, 0.15) is 16.8 Å². The van der Waals surface area contributed by atoms with E-state index in [0.29, 0.717) is 6.54 Å². The van der Waals surface area contributed by atoms with Gasteiger partial charge in [-0.1, -0.05) is 17.3 Å². The summed E-state index contributed by atoms with van der Waals surface area (Å²) in [6.45, 7) is 0.307. The number of ketones is 1. The van der Waals surface area contributed by atoms with E-state index in [4.69, 9.17) is 5.21 Å². The molecule has 1 fully saturated rings. The Bertz CT molecular complexity index is 547. The lowest BCUT2D eigenvalue weighted by Crippen LogP contribution is -2.39. The standard InChI is InChI=1S/C13H14FN3O3/c14-10-4-2-1-3-9(10)12(18)8-5-11(15-6-8)13(19)16-7-17-20/h1-4,7-8,11,15,20H,5-6H2,(H,16,17,19). The molecule has 20 heavy (non-hydrogen) atoms. The van der Waals surface area contributed by atoms with Crippen molar-refractivity contribution in [2.24, 2.45) is 11.1 Å². The van der Waals surface area contributed by atoms with Gasteiger partial charge in [0.05, 0.1) is 11.6 Å². The second-order valence-electron chi connectivity index (χ2n) is 4.49. The van der Waals surface area contributed by atoms with Crippen molar-refractivity contribution in [1.82, 2.24) is 10.6 Å². The number of carbonyl (C=O) groups is 2. The smallest absolute Gasteiger partial charge is 0.242 e. The van der Waals surface area contributed by atoms with Crippen LogP contribution in [0.15, 0.2) is 29.4 Å². The third kappa shape index (κ3) is 3.00. The van der Waals surface area contributed by atoms with E-state index < -0.39 is 23.7 Å². The minimum absolute atomic E-state index is 0.0391. The second kappa shape index (κ2) is 6.25. The Morgan fingerprint density at radius 2 is 2.20 bits per heavy atom. The number of Topliss-reactive ketones (excluding diaryl/α,β-unsaturated/α-hetero) is 1. The van der Waals surface area contributed by atoms with Crippen LogP contribution in [0.5, 0.6) is 0 Å². The normalized spacial score (nSPS) is 22.1. The fourth-order valence-electron chi connectivity index (χ4n) is 2.21. The van der Waals surface area contributed by atoms with Crippen molar-refractivity contribution in [1.29, 1.82) is 0 Å². The highest BCUT2D eigenvalue weighted by molar-refractivity contribution is 5.99. The summed E-state index contributed by atoms with van der Waals surface area (Å²) in [6, 6.07) is 5.22. The van der Waals surface area contributed by atoms with Crippen LogP contribution < -0.4 is 10.6 Å². The summed E-state index contributed by atoms with van der Waals surface area (Å²) in [6.07, 6.45) is 1.13. The molecule has 1 aromatic rings. The molecule has 7 heteroatoms. The summed E-state index contributed by atoms with van der Waals surface area (Å²) in [5.41, 5.74) is 0.0391. The van der Waals surface area contributed by atoms with Crippen LogP contribution in [0.4, 0.5) is 4.39 Å². The van der Waals surface area contributed by atoms with E-state index in [1.807, 2.05) is 0 Å². The van der Waals surface area contributed by atoms with Crippen LogP contribution in [0.3, 0.4) is 0 Å². The third-order valence-electron chi connectivity index (χ3n) is 3.22. The topological polar surface area (TPSA) is 90.8 Å². The average Bonchev–Trinajstić information content (AvgIpc) is 2.94. The lowest BCUT2D eigenvalue weighted by Gasteiger charge is -2.09. The number of oxime groups is 1. The van der Waals surface area contributed by atoms with Crippen molar-refractivity contribution < 1.29 is 19.2 Å². The van der Waals surface area contributed by atoms with Crippen molar-refractivity contribution in [3.63, 3.8) is 0 Å². The van der Waals surface area contributed by atoms with Crippen LogP contribution in [0.2, 0.25) is 0 Å². The van der Waals surface area contributed by atoms with Crippen LogP contribution in [-0.2, 0) is 4.79 Å². The number of nitrogens with one attached hydrogen (secondary N) is 2. The van der Waals surface area contributed by atoms with Crippen LogP contribution in [0, 0.1) is 11.7 Å². The SMILES string of the molecule is O=C(c1ccccc1F)C1CNC(C(=O)N/C=N\O)C1. The van der Waals surface area contributed by atoms with Crippen LogP contribution >= 0.6 is 0 Å². The molecule has 1 heterocycles. The van der Waals surface area contributed by atoms with E-state index in [2.05, 4.69) is 15.8 Å². The molecule has 0 spiro atoms. The molecule has 1 aliphatic rings. The van der Waals surface area contributed by atoms with Gasteiger partial charge in [0.1, 0.15) is 12.2 Å². The van der Waals surface area contributed by atoms with Crippen molar-refractivity contribution in [2.75, 3.05) is 6.54 Å². The Morgan fingerprint density at radius 1 is 1.45 bits per heavy atom. The maximum atomic E-state index is 13.6. The first kappa shape index (κ1) is 14.1. The molecule has 1 saturated heterocycles. The van der Waals surface area contributed by atoms with E-state index in [9.17, 15) is 14.0 Å². The predicted octanol–water partition coefficient (Wildman–Crippen LogP) is 0.520. The molecule has 1 aromatic carbocycles. The van der Waals surface area contributed by atoms with Gasteiger partial charge in [-0.05, 0) is 18.6 Å². The van der Waals surface area contributed by atoms with Gasteiger partial charge in [0.2, 0.25) is 5.91 Å². The molecular formula is C13H14FN3O3. The van der Waals surface area contributed by atoms with Gasteiger partial charge in [-0.2, -0.15) is 0 Å². The van der Waals surface area contributed by atoms with Gasteiger partial charge in [0.15, 0.2) is 5.78 Å². The molecule has 2 rings (SSSR count). The predicted molar refractivity (Wildman–Crippen MR) is 69.0 cm³/mol. The molecule has 2 unspecified atom stereocenters. The molecule has 1 amide bonds. The number of carbonyl (C=O) groups excluding carboxylic acids is 2. The van der Waals surface area contributed by atoms with Gasteiger partial charge in [-0.15, -0.1) is 0 Å². The summed E-state index contributed by atoms with van der Waals surface area (Å²) in [5, 5.41) is 16.0. The van der Waals surface area contributed by atoms with Crippen molar-refractivity contribution in [2.45, 2.75) is 12.5 Å². The number of rotatable bonds is 4. The first-order valence-electron chi connectivity index (χ1n) is 6.12. The van der Waals surface area contributed by atoms with Crippen LogP contribution in [0.25, 0.3) is 0 Å². The maximum Gasteiger partial charge on any atom is 0.242 e. The zero-order valence-corrected chi connectivity index (χ0v) is 10.5. The number of halogens is 1. The zero-order chi connectivity index (χ0) is 14.5. The summed E-state index contributed by atoms with van der Waals surface area (Å²) < 4.78 is 13.6. The average molecular weight is 279 g/mol. The summed E-state index contributed by atoms with van der Waals surface area (Å²) in [4.78, 5) is 23.8. The number of hydrogen-bond acceptors (Lipinski definition) is 5. The third-order valence-corrected chi connectivity index (χ3v) is 3.22. The van der Waals surface area contributed by atoms with E-state index in [1.54, 1.807) is 6.07 Å². The fraction of sp³-hybridized carbons (Fsp3) is 0.308. The first-order chi connectivity index (χ1) is 9.63. The molecule has 3 N–H and O–H groups in total. The molecule has 0 aliphatic carbocycles. The molecule has 106 valence electrons. The number of amides is 1. The molecule has 0 saturated carbocycles. The minimum Gasteiger partial charge on any atom is -0.410 e. The Labute approximate surface area is 114 Å². The van der Waals surface area contributed by atoms with Gasteiger partial charge in [0.25, 0.3) is 0 Å². The van der Waals surface area contributed by atoms with E-state index in [0.717, 1.165) is 6.34 Å². The molecule has 0 radical (unpaired) electrons. The highest BCUT2D eigenvalue weighted by atomic mass is 19.1. The van der Waals surface area contributed by atoms with Gasteiger partial charge >= 0.3 is 0 Å². The Kier molecular flexibility index (Phi) is 4.41. The molecule has 1 aliphatic heterocycles. The highest BCUT2D eigenvalue weighted by Gasteiger charge is 2.34. The monoisotopic (exact) mass is 279 g/mol. The van der Waals surface area contributed by atoms with Crippen molar-refractivity contribution >= 4 is 18.0 Å². The molecule has 6 nitrogen and oxygen atoms in total. The maximum absolute atomic E-state index is 13.6. The van der Waals surface area contributed by atoms with Gasteiger partial charge in [0, 0.05) is 12.5 Å². The second-order valence-corrected chi connectivity index (χ2v) is 4.49. The number of benzene rings is 1. The first-order valence-corrected chi connectivity index (χ1v) is 6.12. The van der Waals surface area contributed by atoms with E-state index >= 15 is 0 Å². The minimum atomic E-state index is -0.561. The zero-order valence-electron chi connectivity index (χ0n) is 10.5. The van der Waals surface area contributed by atoms with Crippen molar-refractivity contribution in [3.05, 3.63) is 35.6 Å². The largest absolute Gasteiger partial charge is 0.410 e. The summed E-state index contributed by atoms with van der Waals surface area (Å²) in [5.74, 6) is -1.72. The van der Waals surface area contributed by atoms with E-state index in [-0.39, 0.29) is 17.8 Å². The number of nitrogens with zero attached hydrogens (tertiary/aromatic N) is 1. The van der Waals surface area contributed by atoms with Crippen molar-refractivity contribution in [3.8, 4) is 0 Å². The van der Waals surface area contributed by atoms with Gasteiger partial charge in [-0.25, -0.2) is 4.39 Å². The van der Waals surface area contributed by atoms with Gasteiger partial charge in [-0.3, -0.25) is 9.59 Å². The Morgan fingerprint density at radius 3 is 2.90 bits per heavy atom. The Hall–Kier alpha value is -2.28. The van der Waals surface area contributed by atoms with E-state index in [1.165, 1.54) is 18.2 Å². The quantitative estimate of drug-likeness (QED) is 0.246. The van der Waals surface area contributed by atoms with Crippen LogP contribution in [-0.4, -0.2) is 35.8 Å². The lowest BCUT2D eigenvalue weighted by molar-refractivity contribution is -0.121.